The zero-order chi connectivity index (χ0) is 22.0. The summed E-state index contributed by atoms with van der Waals surface area (Å²) in [6.45, 7) is 18.6. The lowest BCUT2D eigenvalue weighted by Crippen LogP contribution is -2.52. The lowest BCUT2D eigenvalue weighted by Gasteiger charge is -2.46. The second kappa shape index (κ2) is 13.1. The van der Waals surface area contributed by atoms with E-state index in [-0.39, 0.29) is 24.1 Å². The Bertz CT molecular complexity index is 439. The van der Waals surface area contributed by atoms with E-state index in [1.807, 2.05) is 0 Å². The van der Waals surface area contributed by atoms with Crippen molar-refractivity contribution in [1.29, 1.82) is 0 Å². The standard InChI is InChI=1S/C25H50O3Si/c1-9-11-13-15-17-23-24(27-25(23)26)18-22(16-14-12-10-2)28-29(19(3)4,20(5)6)21(7)8/h19-24H,9-18H2,1-8H3/t22-,23-,24-/m0/s1. The fourth-order valence-electron chi connectivity index (χ4n) is 5.51. The lowest BCUT2D eigenvalue weighted by atomic mass is 9.86. The van der Waals surface area contributed by atoms with Gasteiger partial charge in [0.1, 0.15) is 6.10 Å². The molecule has 0 radical (unpaired) electrons. The summed E-state index contributed by atoms with van der Waals surface area (Å²) in [6, 6.07) is 0. The molecular weight excluding hydrogens is 376 g/mol. The molecule has 0 aromatic carbocycles. The van der Waals surface area contributed by atoms with Gasteiger partial charge in [-0.1, -0.05) is 100 Å². The second-order valence-corrected chi connectivity index (χ2v) is 15.6. The molecule has 1 aliphatic heterocycles. The van der Waals surface area contributed by atoms with Crippen molar-refractivity contribution in [1.82, 2.24) is 0 Å². The van der Waals surface area contributed by atoms with E-state index in [4.69, 9.17) is 9.16 Å². The SMILES string of the molecule is CCCCCC[C@@H]1C(=O)O[C@H]1C[C@H](CCCCC)O[Si](C(C)C)(C(C)C)C(C)C. The van der Waals surface area contributed by atoms with E-state index in [0.717, 1.165) is 25.7 Å². The Kier molecular flexibility index (Phi) is 12.1. The third kappa shape index (κ3) is 7.38. The van der Waals surface area contributed by atoms with Gasteiger partial charge in [-0.05, 0) is 29.5 Å². The Morgan fingerprint density at radius 1 is 0.862 bits per heavy atom. The van der Waals surface area contributed by atoms with Crippen LogP contribution in [0.25, 0.3) is 0 Å². The molecule has 3 nitrogen and oxygen atoms in total. The summed E-state index contributed by atoms with van der Waals surface area (Å²) in [6.07, 6.45) is 11.9. The lowest BCUT2D eigenvalue weighted by molar-refractivity contribution is -0.188. The van der Waals surface area contributed by atoms with Gasteiger partial charge in [0.15, 0.2) is 0 Å². The molecule has 0 aromatic heterocycles. The number of rotatable bonds is 16. The van der Waals surface area contributed by atoms with Gasteiger partial charge >= 0.3 is 5.97 Å². The average molecular weight is 427 g/mol. The number of cyclic esters (lactones) is 1. The van der Waals surface area contributed by atoms with Gasteiger partial charge in [0, 0.05) is 12.5 Å². The molecule has 0 saturated carbocycles. The van der Waals surface area contributed by atoms with E-state index in [1.165, 1.54) is 38.5 Å². The van der Waals surface area contributed by atoms with E-state index < -0.39 is 8.32 Å². The quantitative estimate of drug-likeness (QED) is 0.142. The third-order valence-corrected chi connectivity index (χ3v) is 13.2. The molecule has 172 valence electrons. The van der Waals surface area contributed by atoms with Crippen LogP contribution < -0.4 is 0 Å². The molecule has 0 bridgehead atoms. The molecule has 1 heterocycles. The maximum absolute atomic E-state index is 12.1. The maximum atomic E-state index is 12.1. The highest BCUT2D eigenvalue weighted by atomic mass is 28.4. The Hall–Kier alpha value is -0.353. The van der Waals surface area contributed by atoms with Gasteiger partial charge < -0.3 is 9.16 Å². The molecule has 0 spiro atoms. The second-order valence-electron chi connectivity index (χ2n) is 10.2. The first kappa shape index (κ1) is 26.7. The topological polar surface area (TPSA) is 35.5 Å². The van der Waals surface area contributed by atoms with Crippen LogP contribution in [0.1, 0.15) is 120 Å². The molecule has 0 N–H and O–H groups in total. The van der Waals surface area contributed by atoms with Crippen LogP contribution in [0.15, 0.2) is 0 Å². The molecule has 3 atom stereocenters. The predicted molar refractivity (Wildman–Crippen MR) is 127 cm³/mol. The van der Waals surface area contributed by atoms with Crippen LogP contribution in [0, 0.1) is 5.92 Å². The van der Waals surface area contributed by atoms with Crippen LogP contribution in [0.5, 0.6) is 0 Å². The molecule has 0 aromatic rings. The number of unbranched alkanes of at least 4 members (excludes halogenated alkanes) is 5. The highest BCUT2D eigenvalue weighted by Crippen LogP contribution is 2.44. The largest absolute Gasteiger partial charge is 0.461 e. The van der Waals surface area contributed by atoms with Crippen molar-refractivity contribution in [3.05, 3.63) is 0 Å². The Labute approximate surface area is 182 Å². The molecule has 1 aliphatic rings. The summed E-state index contributed by atoms with van der Waals surface area (Å²) in [7, 11) is -1.92. The fourth-order valence-corrected chi connectivity index (χ4v) is 11.1. The molecule has 29 heavy (non-hydrogen) atoms. The summed E-state index contributed by atoms with van der Waals surface area (Å²) >= 11 is 0. The van der Waals surface area contributed by atoms with Gasteiger partial charge in [-0.25, -0.2) is 0 Å². The highest BCUT2D eigenvalue weighted by molar-refractivity contribution is 6.77. The van der Waals surface area contributed by atoms with E-state index in [9.17, 15) is 4.79 Å². The van der Waals surface area contributed by atoms with Crippen molar-refractivity contribution < 1.29 is 14.0 Å². The first-order valence-corrected chi connectivity index (χ1v) is 14.7. The minimum absolute atomic E-state index is 0.0268. The van der Waals surface area contributed by atoms with E-state index >= 15 is 0 Å². The summed E-state index contributed by atoms with van der Waals surface area (Å²) < 4.78 is 12.8. The molecular formula is C25H50O3Si. The van der Waals surface area contributed by atoms with E-state index in [0.29, 0.717) is 16.6 Å². The van der Waals surface area contributed by atoms with Crippen molar-refractivity contribution in [3.8, 4) is 0 Å². The minimum atomic E-state index is -1.92. The molecule has 1 saturated heterocycles. The average Bonchev–Trinajstić information content (AvgIpc) is 2.64. The van der Waals surface area contributed by atoms with Gasteiger partial charge in [-0.2, -0.15) is 0 Å². The van der Waals surface area contributed by atoms with Gasteiger partial charge in [-0.3, -0.25) is 4.79 Å². The van der Waals surface area contributed by atoms with E-state index in [1.54, 1.807) is 0 Å². The molecule has 4 heteroatoms. The van der Waals surface area contributed by atoms with Crippen molar-refractivity contribution in [2.24, 2.45) is 5.92 Å². The van der Waals surface area contributed by atoms with Crippen molar-refractivity contribution in [2.45, 2.75) is 148 Å². The molecule has 0 unspecified atom stereocenters. The summed E-state index contributed by atoms with van der Waals surface area (Å²) in [5.41, 5.74) is 1.76. The number of esters is 1. The molecule has 1 rings (SSSR count). The summed E-state index contributed by atoms with van der Waals surface area (Å²) in [5.74, 6) is 0.135. The zero-order valence-corrected chi connectivity index (χ0v) is 21.8. The van der Waals surface area contributed by atoms with Crippen LogP contribution >= 0.6 is 0 Å². The number of carbonyl (C=O) groups is 1. The van der Waals surface area contributed by atoms with Crippen molar-refractivity contribution >= 4 is 14.3 Å². The van der Waals surface area contributed by atoms with Crippen molar-refractivity contribution in [2.75, 3.05) is 0 Å². The number of hydrogen-bond donors (Lipinski definition) is 0. The van der Waals surface area contributed by atoms with Crippen LogP contribution in [0.3, 0.4) is 0 Å². The number of hydrogen-bond acceptors (Lipinski definition) is 3. The van der Waals surface area contributed by atoms with Gasteiger partial charge in [-0.15, -0.1) is 0 Å². The maximum Gasteiger partial charge on any atom is 0.313 e. The Morgan fingerprint density at radius 3 is 1.90 bits per heavy atom. The summed E-state index contributed by atoms with van der Waals surface area (Å²) in [4.78, 5) is 12.1. The van der Waals surface area contributed by atoms with E-state index in [2.05, 4.69) is 55.4 Å². The zero-order valence-electron chi connectivity index (χ0n) is 20.8. The van der Waals surface area contributed by atoms with Crippen LogP contribution in [0.4, 0.5) is 0 Å². The monoisotopic (exact) mass is 426 g/mol. The van der Waals surface area contributed by atoms with Crippen molar-refractivity contribution in [3.63, 3.8) is 0 Å². The first-order valence-electron chi connectivity index (χ1n) is 12.6. The van der Waals surface area contributed by atoms with Crippen LogP contribution in [0.2, 0.25) is 16.6 Å². The smallest absolute Gasteiger partial charge is 0.313 e. The number of carbonyl (C=O) groups excluding carboxylic acids is 1. The first-order chi connectivity index (χ1) is 13.7. The van der Waals surface area contributed by atoms with Gasteiger partial charge in [0.05, 0.1) is 5.92 Å². The fraction of sp³-hybridized carbons (Fsp3) is 0.960. The van der Waals surface area contributed by atoms with Gasteiger partial charge in [0.25, 0.3) is 0 Å². The minimum Gasteiger partial charge on any atom is -0.461 e. The normalized spacial score (nSPS) is 21.0. The van der Waals surface area contributed by atoms with Crippen LogP contribution in [-0.4, -0.2) is 26.5 Å². The summed E-state index contributed by atoms with van der Waals surface area (Å²) in [5, 5.41) is 0. The molecule has 1 fully saturated rings. The third-order valence-electron chi connectivity index (χ3n) is 7.09. The Morgan fingerprint density at radius 2 is 1.41 bits per heavy atom. The van der Waals surface area contributed by atoms with Crippen LogP contribution in [-0.2, 0) is 14.0 Å². The molecule has 0 amide bonds. The number of ether oxygens (including phenoxy) is 1. The Balaban J connectivity index is 2.84. The predicted octanol–water partition coefficient (Wildman–Crippen LogP) is 8.03. The molecule has 0 aliphatic carbocycles. The van der Waals surface area contributed by atoms with Gasteiger partial charge in [0.2, 0.25) is 8.32 Å². The highest BCUT2D eigenvalue weighted by Gasteiger charge is 2.48.